The molecule has 0 atom stereocenters. The average Bonchev–Trinajstić information content (AvgIpc) is 3.08. The number of esters is 1. The van der Waals surface area contributed by atoms with Crippen LogP contribution in [0.25, 0.3) is 11.0 Å². The predicted octanol–water partition coefficient (Wildman–Crippen LogP) is 1.78. The third-order valence-corrected chi connectivity index (χ3v) is 4.40. The number of carbonyl (C=O) groups excluding carboxylic acids is 2. The Hall–Kier alpha value is -2.88. The molecule has 0 radical (unpaired) electrons. The number of aromatic nitrogens is 2. The SMILES string of the molecule is C#CC(=O)O[C@H]1CC[C@H](N(C)C(=O)c2ccc3nonc3c2)CC1. The number of amides is 1. The van der Waals surface area contributed by atoms with Crippen molar-refractivity contribution < 1.29 is 19.0 Å². The number of benzene rings is 1. The first-order chi connectivity index (χ1) is 11.6. The fourth-order valence-electron chi connectivity index (χ4n) is 3.02. The summed E-state index contributed by atoms with van der Waals surface area (Å²) in [6.45, 7) is 0. The third kappa shape index (κ3) is 3.23. The van der Waals surface area contributed by atoms with Gasteiger partial charge in [-0.3, -0.25) is 4.79 Å². The number of nitrogens with zero attached hydrogens (tertiary/aromatic N) is 3. The number of fused-ring (bicyclic) bond motifs is 1. The van der Waals surface area contributed by atoms with Gasteiger partial charge >= 0.3 is 5.97 Å². The molecule has 124 valence electrons. The van der Waals surface area contributed by atoms with Gasteiger partial charge in [0.15, 0.2) is 0 Å². The van der Waals surface area contributed by atoms with E-state index in [-0.39, 0.29) is 18.1 Å². The standard InChI is InChI=1S/C17H17N3O4/c1-3-16(21)23-13-7-5-12(6-8-13)20(2)17(22)11-4-9-14-15(10-11)19-24-18-14/h1,4,9-10,12-13H,5-8H2,2H3/t12-,13-. The first kappa shape index (κ1) is 16.0. The van der Waals surface area contributed by atoms with Crippen LogP contribution in [0, 0.1) is 12.3 Å². The van der Waals surface area contributed by atoms with E-state index >= 15 is 0 Å². The third-order valence-electron chi connectivity index (χ3n) is 4.40. The van der Waals surface area contributed by atoms with Crippen LogP contribution in [0.5, 0.6) is 0 Å². The Morgan fingerprint density at radius 1 is 1.25 bits per heavy atom. The molecule has 0 unspecified atom stereocenters. The van der Waals surface area contributed by atoms with Crippen LogP contribution in [0.1, 0.15) is 36.0 Å². The Labute approximate surface area is 138 Å². The fourth-order valence-corrected chi connectivity index (χ4v) is 3.02. The van der Waals surface area contributed by atoms with Gasteiger partial charge in [0, 0.05) is 24.6 Å². The maximum atomic E-state index is 12.7. The fraction of sp³-hybridized carbons (Fsp3) is 0.412. The zero-order valence-corrected chi connectivity index (χ0v) is 13.3. The molecule has 0 bridgehead atoms. The van der Waals surface area contributed by atoms with Crippen molar-refractivity contribution in [3.63, 3.8) is 0 Å². The predicted molar refractivity (Wildman–Crippen MR) is 84.9 cm³/mol. The van der Waals surface area contributed by atoms with Crippen molar-refractivity contribution in [1.29, 1.82) is 0 Å². The summed E-state index contributed by atoms with van der Waals surface area (Å²) in [4.78, 5) is 25.5. The van der Waals surface area contributed by atoms with Crippen molar-refractivity contribution in [3.05, 3.63) is 23.8 Å². The molecule has 0 aliphatic heterocycles. The van der Waals surface area contributed by atoms with Crippen LogP contribution in [0.15, 0.2) is 22.8 Å². The summed E-state index contributed by atoms with van der Waals surface area (Å²) in [5.74, 6) is 1.25. The van der Waals surface area contributed by atoms with Gasteiger partial charge in [-0.1, -0.05) is 0 Å². The molecule has 0 N–H and O–H groups in total. The summed E-state index contributed by atoms with van der Waals surface area (Å²) in [6.07, 6.45) is 7.76. The first-order valence-electron chi connectivity index (χ1n) is 7.75. The second kappa shape index (κ2) is 6.71. The maximum Gasteiger partial charge on any atom is 0.384 e. The molecule has 0 spiro atoms. The number of terminal acetylenes is 1. The van der Waals surface area contributed by atoms with Crippen molar-refractivity contribution in [2.24, 2.45) is 0 Å². The van der Waals surface area contributed by atoms with Gasteiger partial charge in [-0.15, -0.1) is 6.42 Å². The van der Waals surface area contributed by atoms with Crippen LogP contribution in [0.3, 0.4) is 0 Å². The molecule has 1 aromatic carbocycles. The van der Waals surface area contributed by atoms with Gasteiger partial charge in [0.1, 0.15) is 17.1 Å². The molecule has 1 aromatic heterocycles. The van der Waals surface area contributed by atoms with Crippen LogP contribution >= 0.6 is 0 Å². The van der Waals surface area contributed by atoms with Gasteiger partial charge in [0.25, 0.3) is 5.91 Å². The first-order valence-corrected chi connectivity index (χ1v) is 7.75. The molecule has 1 amide bonds. The maximum absolute atomic E-state index is 12.7. The Morgan fingerprint density at radius 2 is 1.96 bits per heavy atom. The van der Waals surface area contributed by atoms with E-state index in [0.29, 0.717) is 29.4 Å². The normalized spacial score (nSPS) is 20.3. The molecular weight excluding hydrogens is 310 g/mol. The second-order valence-corrected chi connectivity index (χ2v) is 5.86. The molecule has 3 rings (SSSR count). The van der Waals surface area contributed by atoms with Gasteiger partial charge in [0.05, 0.1) is 0 Å². The van der Waals surface area contributed by atoms with Gasteiger partial charge in [-0.25, -0.2) is 9.42 Å². The van der Waals surface area contributed by atoms with E-state index in [1.807, 2.05) is 5.92 Å². The number of ether oxygens (including phenoxy) is 1. The lowest BCUT2D eigenvalue weighted by Gasteiger charge is -2.34. The highest BCUT2D eigenvalue weighted by Gasteiger charge is 2.28. The summed E-state index contributed by atoms with van der Waals surface area (Å²) in [5, 5.41) is 7.48. The van der Waals surface area contributed by atoms with Crippen LogP contribution in [-0.2, 0) is 9.53 Å². The lowest BCUT2D eigenvalue weighted by molar-refractivity contribution is -0.143. The van der Waals surface area contributed by atoms with Gasteiger partial charge < -0.3 is 9.64 Å². The van der Waals surface area contributed by atoms with Crippen LogP contribution in [-0.4, -0.2) is 46.3 Å². The van der Waals surface area contributed by atoms with Gasteiger partial charge in [-0.2, -0.15) is 0 Å². The lowest BCUT2D eigenvalue weighted by Crippen LogP contribution is -2.41. The summed E-state index contributed by atoms with van der Waals surface area (Å²) >= 11 is 0. The Balaban J connectivity index is 1.62. The van der Waals surface area contributed by atoms with E-state index in [0.717, 1.165) is 12.8 Å². The molecule has 1 aliphatic rings. The second-order valence-electron chi connectivity index (χ2n) is 5.86. The lowest BCUT2D eigenvalue weighted by atomic mass is 9.91. The van der Waals surface area contributed by atoms with Crippen molar-refractivity contribution in [2.75, 3.05) is 7.05 Å². The largest absolute Gasteiger partial charge is 0.453 e. The zero-order chi connectivity index (χ0) is 17.1. The van der Waals surface area contributed by atoms with Crippen LogP contribution in [0.4, 0.5) is 0 Å². The number of hydrogen-bond acceptors (Lipinski definition) is 6. The van der Waals surface area contributed by atoms with Crippen molar-refractivity contribution in [3.8, 4) is 12.3 Å². The molecule has 24 heavy (non-hydrogen) atoms. The van der Waals surface area contributed by atoms with E-state index in [9.17, 15) is 9.59 Å². The monoisotopic (exact) mass is 327 g/mol. The Bertz CT molecular complexity index is 800. The number of hydrogen-bond donors (Lipinski definition) is 0. The van der Waals surface area contributed by atoms with E-state index in [4.69, 9.17) is 11.2 Å². The van der Waals surface area contributed by atoms with E-state index in [2.05, 4.69) is 14.9 Å². The van der Waals surface area contributed by atoms with Crippen molar-refractivity contribution >= 4 is 22.9 Å². The summed E-state index contributed by atoms with van der Waals surface area (Å²) in [6, 6.07) is 5.20. The van der Waals surface area contributed by atoms with E-state index in [1.165, 1.54) is 0 Å². The molecule has 7 heteroatoms. The molecule has 1 aliphatic carbocycles. The molecule has 1 fully saturated rings. The zero-order valence-electron chi connectivity index (χ0n) is 13.3. The highest BCUT2D eigenvalue weighted by molar-refractivity contribution is 5.97. The molecule has 0 saturated heterocycles. The molecular formula is C17H17N3O4. The molecule has 1 heterocycles. The Kier molecular flexibility index (Phi) is 4.47. The van der Waals surface area contributed by atoms with E-state index in [1.54, 1.807) is 30.1 Å². The Morgan fingerprint density at radius 3 is 2.67 bits per heavy atom. The summed E-state index contributed by atoms with van der Waals surface area (Å²) < 4.78 is 9.80. The molecule has 2 aromatic rings. The highest BCUT2D eigenvalue weighted by atomic mass is 16.6. The minimum Gasteiger partial charge on any atom is -0.453 e. The van der Waals surface area contributed by atoms with Gasteiger partial charge in [-0.05, 0) is 54.2 Å². The van der Waals surface area contributed by atoms with Crippen molar-refractivity contribution in [2.45, 2.75) is 37.8 Å². The van der Waals surface area contributed by atoms with Crippen LogP contribution in [0.2, 0.25) is 0 Å². The van der Waals surface area contributed by atoms with Crippen LogP contribution < -0.4 is 0 Å². The smallest absolute Gasteiger partial charge is 0.384 e. The quantitative estimate of drug-likeness (QED) is 0.485. The number of carbonyl (C=O) groups is 2. The number of rotatable bonds is 3. The molecule has 7 nitrogen and oxygen atoms in total. The minimum absolute atomic E-state index is 0.0797. The average molecular weight is 327 g/mol. The van der Waals surface area contributed by atoms with Gasteiger partial charge in [0.2, 0.25) is 0 Å². The molecule has 1 saturated carbocycles. The van der Waals surface area contributed by atoms with Crippen molar-refractivity contribution in [1.82, 2.24) is 15.2 Å². The summed E-state index contributed by atoms with van der Waals surface area (Å²) in [5.41, 5.74) is 1.71. The minimum atomic E-state index is -0.627. The highest BCUT2D eigenvalue weighted by Crippen LogP contribution is 2.26. The topological polar surface area (TPSA) is 85.5 Å². The summed E-state index contributed by atoms with van der Waals surface area (Å²) in [7, 11) is 1.78. The van der Waals surface area contributed by atoms with E-state index < -0.39 is 5.97 Å².